The van der Waals surface area contributed by atoms with E-state index in [-0.39, 0.29) is 17.9 Å². The molecule has 0 saturated carbocycles. The van der Waals surface area contributed by atoms with E-state index in [1.54, 1.807) is 6.92 Å². The third-order valence-electron chi connectivity index (χ3n) is 1.74. The largest absolute Gasteiger partial charge is 0.480 e. The molecule has 15 heavy (non-hydrogen) atoms. The minimum atomic E-state index is -1.12. The Balaban J connectivity index is 2.71. The molecule has 0 aromatic carbocycles. The van der Waals surface area contributed by atoms with E-state index in [9.17, 15) is 9.59 Å². The maximum absolute atomic E-state index is 11.4. The molecule has 0 bridgehead atoms. The molecule has 0 spiro atoms. The van der Waals surface area contributed by atoms with Gasteiger partial charge < -0.3 is 16.2 Å². The Morgan fingerprint density at radius 3 is 2.67 bits per heavy atom. The molecule has 4 N–H and O–H groups in total. The molecule has 1 atom stereocenters. The maximum atomic E-state index is 11.4. The summed E-state index contributed by atoms with van der Waals surface area (Å²) in [6, 6.07) is -0.978. The molecule has 1 aromatic heterocycles. The first-order valence-electron chi connectivity index (χ1n) is 4.18. The number of carbonyl (C=O) groups excluding carboxylic acids is 1. The summed E-state index contributed by atoms with van der Waals surface area (Å²) in [6.07, 6.45) is 0.256. The molecule has 0 fully saturated rings. The van der Waals surface area contributed by atoms with E-state index in [0.717, 1.165) is 0 Å². The molecule has 82 valence electrons. The van der Waals surface area contributed by atoms with Crippen LogP contribution in [0.5, 0.6) is 0 Å². The van der Waals surface area contributed by atoms with Crippen LogP contribution in [0.1, 0.15) is 23.8 Å². The molecule has 0 saturated heterocycles. The Kier molecular flexibility index (Phi) is 3.21. The molecule has 1 unspecified atom stereocenters. The van der Waals surface area contributed by atoms with Gasteiger partial charge in [-0.05, 0) is 16.7 Å². The standard InChI is InChI=1S/C7H10N4O4/c1-2-3(7(13)14)9-6(12)4-5(8)11-15-10-4/h3H,2H2,1H3,(H2,8,11)(H,9,12)(H,13,14). The summed E-state index contributed by atoms with van der Waals surface area (Å²) >= 11 is 0. The average molecular weight is 214 g/mol. The Labute approximate surface area is 84.4 Å². The number of hydrogen-bond acceptors (Lipinski definition) is 6. The lowest BCUT2D eigenvalue weighted by Gasteiger charge is -2.10. The van der Waals surface area contributed by atoms with Gasteiger partial charge in [-0.2, -0.15) is 0 Å². The van der Waals surface area contributed by atoms with Crippen LogP contribution in [0.2, 0.25) is 0 Å². The molecule has 1 heterocycles. The number of anilines is 1. The molecule has 8 heteroatoms. The average Bonchev–Trinajstić information content (AvgIpc) is 2.60. The molecular formula is C7H10N4O4. The zero-order valence-corrected chi connectivity index (χ0v) is 7.93. The van der Waals surface area contributed by atoms with E-state index in [4.69, 9.17) is 10.8 Å². The highest BCUT2D eigenvalue weighted by Crippen LogP contribution is 2.04. The highest BCUT2D eigenvalue weighted by Gasteiger charge is 2.22. The SMILES string of the molecule is CCC(NC(=O)c1nonc1N)C(=O)O. The fourth-order valence-corrected chi connectivity index (χ4v) is 0.918. The van der Waals surface area contributed by atoms with Crippen molar-refractivity contribution in [3.8, 4) is 0 Å². The summed E-state index contributed by atoms with van der Waals surface area (Å²) in [5, 5.41) is 17.4. The molecule has 1 rings (SSSR count). The van der Waals surface area contributed by atoms with Crippen molar-refractivity contribution in [2.24, 2.45) is 0 Å². The molecule has 0 aliphatic carbocycles. The van der Waals surface area contributed by atoms with Crippen LogP contribution in [-0.4, -0.2) is 33.3 Å². The van der Waals surface area contributed by atoms with Gasteiger partial charge in [-0.25, -0.2) is 9.42 Å². The number of nitrogens with zero attached hydrogens (tertiary/aromatic N) is 2. The number of rotatable bonds is 4. The van der Waals surface area contributed by atoms with Gasteiger partial charge in [0.25, 0.3) is 5.91 Å². The van der Waals surface area contributed by atoms with Crippen molar-refractivity contribution in [1.82, 2.24) is 15.6 Å². The van der Waals surface area contributed by atoms with Gasteiger partial charge in [0.2, 0.25) is 11.5 Å². The van der Waals surface area contributed by atoms with Gasteiger partial charge >= 0.3 is 5.97 Å². The second kappa shape index (κ2) is 4.40. The minimum Gasteiger partial charge on any atom is -0.480 e. The molecule has 8 nitrogen and oxygen atoms in total. The van der Waals surface area contributed by atoms with Crippen molar-refractivity contribution in [3.05, 3.63) is 5.69 Å². The molecule has 0 aliphatic heterocycles. The number of nitrogens with one attached hydrogen (secondary N) is 1. The lowest BCUT2D eigenvalue weighted by Crippen LogP contribution is -2.40. The van der Waals surface area contributed by atoms with Crippen molar-refractivity contribution in [2.45, 2.75) is 19.4 Å². The normalized spacial score (nSPS) is 12.1. The first kappa shape index (κ1) is 11.0. The lowest BCUT2D eigenvalue weighted by molar-refractivity contribution is -0.139. The number of carboxylic acids is 1. The quantitative estimate of drug-likeness (QED) is 0.600. The van der Waals surface area contributed by atoms with Crippen molar-refractivity contribution in [3.63, 3.8) is 0 Å². The Morgan fingerprint density at radius 1 is 1.60 bits per heavy atom. The number of aromatic nitrogens is 2. The van der Waals surface area contributed by atoms with Crippen molar-refractivity contribution < 1.29 is 19.3 Å². The van der Waals surface area contributed by atoms with Crippen LogP contribution in [0.3, 0.4) is 0 Å². The van der Waals surface area contributed by atoms with Crippen LogP contribution in [0.4, 0.5) is 5.82 Å². The summed E-state index contributed by atoms with van der Waals surface area (Å²) in [7, 11) is 0. The van der Waals surface area contributed by atoms with Gasteiger partial charge in [-0.1, -0.05) is 6.92 Å². The zero-order chi connectivity index (χ0) is 11.4. The van der Waals surface area contributed by atoms with Crippen LogP contribution in [0.15, 0.2) is 4.63 Å². The first-order chi connectivity index (χ1) is 7.06. The fraction of sp³-hybridized carbons (Fsp3) is 0.429. The highest BCUT2D eigenvalue weighted by atomic mass is 16.6. The van der Waals surface area contributed by atoms with Crippen molar-refractivity contribution >= 4 is 17.7 Å². The number of carboxylic acid groups (broad SMARTS) is 1. The first-order valence-corrected chi connectivity index (χ1v) is 4.18. The van der Waals surface area contributed by atoms with E-state index in [2.05, 4.69) is 20.3 Å². The lowest BCUT2D eigenvalue weighted by atomic mass is 10.2. The van der Waals surface area contributed by atoms with Crippen LogP contribution in [0.25, 0.3) is 0 Å². The number of amides is 1. The molecule has 1 aromatic rings. The predicted molar refractivity (Wildman–Crippen MR) is 47.9 cm³/mol. The number of nitrogens with two attached hydrogens (primary N) is 1. The van der Waals surface area contributed by atoms with Gasteiger partial charge in [0, 0.05) is 0 Å². The second-order valence-electron chi connectivity index (χ2n) is 2.77. The number of nitrogen functional groups attached to an aromatic ring is 1. The zero-order valence-electron chi connectivity index (χ0n) is 7.93. The molecule has 0 radical (unpaired) electrons. The fourth-order valence-electron chi connectivity index (χ4n) is 0.918. The summed E-state index contributed by atoms with van der Waals surface area (Å²) in [6.45, 7) is 1.63. The van der Waals surface area contributed by atoms with Crippen molar-refractivity contribution in [1.29, 1.82) is 0 Å². The molecule has 0 aliphatic rings. The smallest absolute Gasteiger partial charge is 0.326 e. The second-order valence-corrected chi connectivity index (χ2v) is 2.77. The maximum Gasteiger partial charge on any atom is 0.326 e. The summed E-state index contributed by atoms with van der Waals surface area (Å²) in [5.41, 5.74) is 5.05. The van der Waals surface area contributed by atoms with Gasteiger partial charge in [-0.3, -0.25) is 4.79 Å². The minimum absolute atomic E-state index is 0.173. The van der Waals surface area contributed by atoms with Crippen molar-refractivity contribution in [2.75, 3.05) is 5.73 Å². The van der Waals surface area contributed by atoms with Crippen LogP contribution in [0, 0.1) is 0 Å². The van der Waals surface area contributed by atoms with Gasteiger partial charge in [0.05, 0.1) is 0 Å². The van der Waals surface area contributed by atoms with Gasteiger partial charge in [0.1, 0.15) is 6.04 Å². The van der Waals surface area contributed by atoms with Crippen LogP contribution >= 0.6 is 0 Å². The molecule has 1 amide bonds. The third-order valence-corrected chi connectivity index (χ3v) is 1.74. The monoisotopic (exact) mass is 214 g/mol. The highest BCUT2D eigenvalue weighted by molar-refractivity contribution is 5.98. The summed E-state index contributed by atoms with van der Waals surface area (Å²) in [5.74, 6) is -2.02. The third kappa shape index (κ3) is 2.42. The van der Waals surface area contributed by atoms with Crippen LogP contribution in [-0.2, 0) is 4.79 Å². The van der Waals surface area contributed by atoms with E-state index in [1.807, 2.05) is 0 Å². The van der Waals surface area contributed by atoms with Gasteiger partial charge in [0.15, 0.2) is 0 Å². The number of hydrogen-bond donors (Lipinski definition) is 3. The van der Waals surface area contributed by atoms with E-state index >= 15 is 0 Å². The number of carbonyl (C=O) groups is 2. The predicted octanol–water partition coefficient (Wildman–Crippen LogP) is -0.755. The Bertz CT molecular complexity index is 375. The summed E-state index contributed by atoms with van der Waals surface area (Å²) < 4.78 is 4.21. The van der Waals surface area contributed by atoms with E-state index in [0.29, 0.717) is 0 Å². The Morgan fingerprint density at radius 2 is 2.27 bits per heavy atom. The summed E-state index contributed by atoms with van der Waals surface area (Å²) in [4.78, 5) is 22.0. The molecular weight excluding hydrogens is 204 g/mol. The van der Waals surface area contributed by atoms with Gasteiger partial charge in [-0.15, -0.1) is 0 Å². The topological polar surface area (TPSA) is 131 Å². The van der Waals surface area contributed by atoms with E-state index < -0.39 is 17.9 Å². The van der Waals surface area contributed by atoms with E-state index in [1.165, 1.54) is 0 Å². The van der Waals surface area contributed by atoms with Crippen LogP contribution < -0.4 is 11.1 Å². The number of aliphatic carboxylic acids is 1. The Hall–Kier alpha value is -2.12.